The standard InChI is InChI=1S/C16H18F3NO/c1-11-10-13(4-3-9-21)12(2)20(11)15-7-5-14(6-8-15)16(17,18)19/h5-8,10,21H,3-4,9H2,1-2H3. The van der Waals surface area contributed by atoms with Crippen LogP contribution in [0, 0.1) is 13.8 Å². The third kappa shape index (κ3) is 3.29. The van der Waals surface area contributed by atoms with Crippen molar-refractivity contribution in [3.05, 3.63) is 52.8 Å². The summed E-state index contributed by atoms with van der Waals surface area (Å²) in [6, 6.07) is 7.18. The van der Waals surface area contributed by atoms with Gasteiger partial charge in [0.1, 0.15) is 0 Å². The SMILES string of the molecule is Cc1cc(CCCO)c(C)n1-c1ccc(C(F)(F)F)cc1. The first-order valence-electron chi connectivity index (χ1n) is 6.81. The van der Waals surface area contributed by atoms with Gasteiger partial charge in [0.2, 0.25) is 0 Å². The normalized spacial score (nSPS) is 11.9. The number of alkyl halides is 3. The summed E-state index contributed by atoms with van der Waals surface area (Å²) in [6.07, 6.45) is -2.88. The number of hydrogen-bond acceptors (Lipinski definition) is 1. The number of benzene rings is 1. The summed E-state index contributed by atoms with van der Waals surface area (Å²) in [7, 11) is 0. The molecule has 2 aromatic rings. The van der Waals surface area contributed by atoms with E-state index in [2.05, 4.69) is 0 Å². The number of aromatic nitrogens is 1. The van der Waals surface area contributed by atoms with Gasteiger partial charge in [-0.25, -0.2) is 0 Å². The molecule has 0 saturated carbocycles. The number of hydrogen-bond donors (Lipinski definition) is 1. The van der Waals surface area contributed by atoms with Crippen LogP contribution in [0.1, 0.15) is 28.9 Å². The maximum absolute atomic E-state index is 12.6. The summed E-state index contributed by atoms with van der Waals surface area (Å²) < 4.78 is 39.7. The molecule has 1 aromatic carbocycles. The summed E-state index contributed by atoms with van der Waals surface area (Å²) in [5, 5.41) is 8.91. The van der Waals surface area contributed by atoms with Crippen LogP contribution >= 0.6 is 0 Å². The van der Waals surface area contributed by atoms with Gasteiger partial charge >= 0.3 is 6.18 Å². The van der Waals surface area contributed by atoms with Gasteiger partial charge in [-0.05, 0) is 62.6 Å². The smallest absolute Gasteiger partial charge is 0.396 e. The monoisotopic (exact) mass is 297 g/mol. The van der Waals surface area contributed by atoms with E-state index in [1.54, 1.807) is 0 Å². The first-order valence-corrected chi connectivity index (χ1v) is 6.81. The molecular weight excluding hydrogens is 279 g/mol. The van der Waals surface area contributed by atoms with E-state index < -0.39 is 11.7 Å². The molecule has 114 valence electrons. The van der Waals surface area contributed by atoms with Crippen LogP contribution in [0.5, 0.6) is 0 Å². The van der Waals surface area contributed by atoms with Crippen molar-refractivity contribution in [3.63, 3.8) is 0 Å². The first-order chi connectivity index (χ1) is 9.84. The highest BCUT2D eigenvalue weighted by molar-refractivity contribution is 5.42. The minimum atomic E-state index is -4.31. The van der Waals surface area contributed by atoms with Gasteiger partial charge in [-0.1, -0.05) is 0 Å². The number of aliphatic hydroxyl groups is 1. The van der Waals surface area contributed by atoms with Crippen molar-refractivity contribution in [3.8, 4) is 5.69 Å². The molecule has 0 spiro atoms. The van der Waals surface area contributed by atoms with Crippen LogP contribution in [0.15, 0.2) is 30.3 Å². The largest absolute Gasteiger partial charge is 0.416 e. The second-order valence-corrected chi connectivity index (χ2v) is 5.10. The zero-order valence-electron chi connectivity index (χ0n) is 12.0. The first kappa shape index (κ1) is 15.6. The molecule has 0 unspecified atom stereocenters. The zero-order chi connectivity index (χ0) is 15.6. The third-order valence-corrected chi connectivity index (χ3v) is 3.59. The Bertz CT molecular complexity index is 612. The van der Waals surface area contributed by atoms with Crippen LogP contribution in [-0.2, 0) is 12.6 Å². The lowest BCUT2D eigenvalue weighted by molar-refractivity contribution is -0.137. The Labute approximate surface area is 121 Å². The lowest BCUT2D eigenvalue weighted by atomic mass is 10.1. The molecule has 0 atom stereocenters. The van der Waals surface area contributed by atoms with E-state index in [0.29, 0.717) is 12.1 Å². The molecule has 2 nitrogen and oxygen atoms in total. The molecule has 0 amide bonds. The number of rotatable bonds is 4. The van der Waals surface area contributed by atoms with E-state index in [1.807, 2.05) is 24.5 Å². The molecule has 1 heterocycles. The average Bonchev–Trinajstić information content (AvgIpc) is 2.70. The van der Waals surface area contributed by atoms with E-state index in [1.165, 1.54) is 12.1 Å². The van der Waals surface area contributed by atoms with Gasteiger partial charge in [0, 0.05) is 23.7 Å². The van der Waals surface area contributed by atoms with Crippen molar-refractivity contribution in [2.75, 3.05) is 6.61 Å². The molecule has 5 heteroatoms. The molecule has 0 saturated heterocycles. The predicted molar refractivity (Wildman–Crippen MR) is 75.7 cm³/mol. The van der Waals surface area contributed by atoms with E-state index in [9.17, 15) is 13.2 Å². The van der Waals surface area contributed by atoms with Crippen LogP contribution < -0.4 is 0 Å². The molecule has 0 fully saturated rings. The molecular formula is C16H18F3NO. The Morgan fingerprint density at radius 2 is 1.71 bits per heavy atom. The topological polar surface area (TPSA) is 25.2 Å². The third-order valence-electron chi connectivity index (χ3n) is 3.59. The average molecular weight is 297 g/mol. The summed E-state index contributed by atoms with van der Waals surface area (Å²) in [5.41, 5.74) is 3.16. The molecule has 0 bridgehead atoms. The van der Waals surface area contributed by atoms with Crippen molar-refractivity contribution in [2.24, 2.45) is 0 Å². The quantitative estimate of drug-likeness (QED) is 0.905. The molecule has 2 rings (SSSR count). The van der Waals surface area contributed by atoms with Crippen molar-refractivity contribution in [2.45, 2.75) is 32.9 Å². The molecule has 0 aliphatic rings. The lowest BCUT2D eigenvalue weighted by Gasteiger charge is -2.12. The fraction of sp³-hybridized carbons (Fsp3) is 0.375. The van der Waals surface area contributed by atoms with Gasteiger partial charge < -0.3 is 9.67 Å². The maximum Gasteiger partial charge on any atom is 0.416 e. The molecule has 0 aliphatic carbocycles. The van der Waals surface area contributed by atoms with E-state index in [0.717, 1.165) is 35.5 Å². The molecule has 0 radical (unpaired) electrons. The zero-order valence-corrected chi connectivity index (χ0v) is 12.0. The van der Waals surface area contributed by atoms with Crippen LogP contribution in [0.25, 0.3) is 5.69 Å². The number of aryl methyl sites for hydroxylation is 2. The summed E-state index contributed by atoms with van der Waals surface area (Å²) in [5.74, 6) is 0. The molecule has 21 heavy (non-hydrogen) atoms. The van der Waals surface area contributed by atoms with Gasteiger partial charge in [0.05, 0.1) is 5.56 Å². The van der Waals surface area contributed by atoms with Crippen LogP contribution in [0.3, 0.4) is 0 Å². The Hall–Kier alpha value is -1.75. The molecule has 1 N–H and O–H groups in total. The van der Waals surface area contributed by atoms with Gasteiger partial charge in [-0.15, -0.1) is 0 Å². The van der Waals surface area contributed by atoms with Crippen molar-refractivity contribution < 1.29 is 18.3 Å². The molecule has 0 aliphatic heterocycles. The van der Waals surface area contributed by atoms with Crippen LogP contribution in [-0.4, -0.2) is 16.3 Å². The minimum absolute atomic E-state index is 0.129. The van der Waals surface area contributed by atoms with Gasteiger partial charge in [0.15, 0.2) is 0 Å². The van der Waals surface area contributed by atoms with E-state index >= 15 is 0 Å². The van der Waals surface area contributed by atoms with E-state index in [4.69, 9.17) is 5.11 Å². The Morgan fingerprint density at radius 3 is 2.24 bits per heavy atom. The van der Waals surface area contributed by atoms with Crippen LogP contribution in [0.2, 0.25) is 0 Å². The lowest BCUT2D eigenvalue weighted by Crippen LogP contribution is -2.06. The fourth-order valence-electron chi connectivity index (χ4n) is 2.55. The highest BCUT2D eigenvalue weighted by Gasteiger charge is 2.30. The highest BCUT2D eigenvalue weighted by atomic mass is 19.4. The van der Waals surface area contributed by atoms with E-state index in [-0.39, 0.29) is 6.61 Å². The van der Waals surface area contributed by atoms with Gasteiger partial charge in [0.25, 0.3) is 0 Å². The highest BCUT2D eigenvalue weighted by Crippen LogP contribution is 2.30. The van der Waals surface area contributed by atoms with Crippen molar-refractivity contribution in [1.82, 2.24) is 4.57 Å². The van der Waals surface area contributed by atoms with Crippen molar-refractivity contribution >= 4 is 0 Å². The Morgan fingerprint density at radius 1 is 1.10 bits per heavy atom. The van der Waals surface area contributed by atoms with Gasteiger partial charge in [-0.2, -0.15) is 13.2 Å². The second-order valence-electron chi connectivity index (χ2n) is 5.10. The summed E-state index contributed by atoms with van der Waals surface area (Å²) in [6.45, 7) is 3.99. The maximum atomic E-state index is 12.6. The number of aliphatic hydroxyl groups excluding tert-OH is 1. The number of nitrogens with zero attached hydrogens (tertiary/aromatic N) is 1. The summed E-state index contributed by atoms with van der Waals surface area (Å²) >= 11 is 0. The second kappa shape index (κ2) is 5.93. The minimum Gasteiger partial charge on any atom is -0.396 e. The summed E-state index contributed by atoms with van der Waals surface area (Å²) in [4.78, 5) is 0. The fourth-order valence-corrected chi connectivity index (χ4v) is 2.55. The van der Waals surface area contributed by atoms with Gasteiger partial charge in [-0.3, -0.25) is 0 Å². The van der Waals surface area contributed by atoms with Crippen molar-refractivity contribution in [1.29, 1.82) is 0 Å². The number of halogens is 3. The Kier molecular flexibility index (Phi) is 4.42. The molecule has 1 aromatic heterocycles. The van der Waals surface area contributed by atoms with Crippen LogP contribution in [0.4, 0.5) is 13.2 Å². The Balaban J connectivity index is 2.36. The predicted octanol–water partition coefficient (Wildman–Crippen LogP) is 4.04.